The summed E-state index contributed by atoms with van der Waals surface area (Å²) in [4.78, 5) is 0. The summed E-state index contributed by atoms with van der Waals surface area (Å²) in [6.07, 6.45) is 3.96. The van der Waals surface area contributed by atoms with E-state index in [4.69, 9.17) is 9.84 Å². The Morgan fingerprint density at radius 2 is 2.38 bits per heavy atom. The van der Waals surface area contributed by atoms with Crippen LogP contribution in [0.4, 0.5) is 0 Å². The van der Waals surface area contributed by atoms with Crippen LogP contribution < -0.4 is 0 Å². The lowest BCUT2D eigenvalue weighted by Crippen LogP contribution is -2.12. The molecule has 0 radical (unpaired) electrons. The average molecular weight is 114 g/mol. The zero-order valence-electron chi connectivity index (χ0n) is 4.87. The van der Waals surface area contributed by atoms with Crippen molar-refractivity contribution in [3.63, 3.8) is 0 Å². The summed E-state index contributed by atoms with van der Waals surface area (Å²) < 4.78 is 5.15. The first kappa shape index (κ1) is 5.79. The van der Waals surface area contributed by atoms with E-state index in [1.54, 1.807) is 0 Å². The molecule has 2 heteroatoms. The first-order chi connectivity index (χ1) is 3.83. The van der Waals surface area contributed by atoms with E-state index in [9.17, 15) is 0 Å². The summed E-state index contributed by atoms with van der Waals surface area (Å²) in [6, 6.07) is 0. The van der Waals surface area contributed by atoms with Crippen molar-refractivity contribution in [1.82, 2.24) is 0 Å². The van der Waals surface area contributed by atoms with Crippen LogP contribution in [-0.2, 0) is 4.74 Å². The Morgan fingerprint density at radius 3 is 2.62 bits per heavy atom. The van der Waals surface area contributed by atoms with Crippen molar-refractivity contribution in [2.75, 3.05) is 6.61 Å². The molecule has 0 aromatic rings. The SMILES string of the molecule is C[C@@H]1C=C[C@H](CO)O1. The molecule has 8 heavy (non-hydrogen) atoms. The highest BCUT2D eigenvalue weighted by molar-refractivity contribution is 4.99. The Morgan fingerprint density at radius 1 is 1.62 bits per heavy atom. The number of aliphatic hydroxyl groups excluding tert-OH is 1. The maximum Gasteiger partial charge on any atom is 0.0995 e. The van der Waals surface area contributed by atoms with Gasteiger partial charge in [0.15, 0.2) is 0 Å². The molecular formula is C6H10O2. The molecule has 0 bridgehead atoms. The van der Waals surface area contributed by atoms with Crippen molar-refractivity contribution < 1.29 is 9.84 Å². The molecule has 0 fully saturated rings. The molecule has 1 rings (SSSR count). The highest BCUT2D eigenvalue weighted by Crippen LogP contribution is 2.08. The molecule has 1 N–H and O–H groups in total. The van der Waals surface area contributed by atoms with Gasteiger partial charge in [-0.1, -0.05) is 12.2 Å². The smallest absolute Gasteiger partial charge is 0.0995 e. The van der Waals surface area contributed by atoms with Gasteiger partial charge in [-0.25, -0.2) is 0 Å². The van der Waals surface area contributed by atoms with Crippen LogP contribution >= 0.6 is 0 Å². The summed E-state index contributed by atoms with van der Waals surface area (Å²) in [5.41, 5.74) is 0. The second-order valence-electron chi connectivity index (χ2n) is 1.95. The molecule has 2 atom stereocenters. The highest BCUT2D eigenvalue weighted by atomic mass is 16.5. The van der Waals surface area contributed by atoms with E-state index >= 15 is 0 Å². The zero-order chi connectivity index (χ0) is 5.98. The van der Waals surface area contributed by atoms with E-state index < -0.39 is 0 Å². The van der Waals surface area contributed by atoms with Crippen molar-refractivity contribution in [3.8, 4) is 0 Å². The van der Waals surface area contributed by atoms with Crippen molar-refractivity contribution in [1.29, 1.82) is 0 Å². The molecule has 46 valence electrons. The molecule has 0 aromatic carbocycles. The lowest BCUT2D eigenvalue weighted by atomic mass is 10.3. The Hall–Kier alpha value is -0.340. The van der Waals surface area contributed by atoms with Gasteiger partial charge < -0.3 is 9.84 Å². The number of hydrogen-bond acceptors (Lipinski definition) is 2. The van der Waals surface area contributed by atoms with E-state index in [0.717, 1.165) is 0 Å². The maximum absolute atomic E-state index is 8.51. The summed E-state index contributed by atoms with van der Waals surface area (Å²) in [5.74, 6) is 0. The Labute approximate surface area is 48.8 Å². The standard InChI is InChI=1S/C6H10O2/c1-5-2-3-6(4-7)8-5/h2-3,5-7H,4H2,1H3/t5-,6-/m1/s1. The third kappa shape index (κ3) is 1.08. The molecule has 0 unspecified atom stereocenters. The molecule has 1 aliphatic heterocycles. The molecular weight excluding hydrogens is 104 g/mol. The molecule has 0 amide bonds. The lowest BCUT2D eigenvalue weighted by molar-refractivity contribution is 0.0340. The van der Waals surface area contributed by atoms with Crippen molar-refractivity contribution in [2.24, 2.45) is 0 Å². The van der Waals surface area contributed by atoms with Gasteiger partial charge in [0.2, 0.25) is 0 Å². The van der Waals surface area contributed by atoms with Crippen LogP contribution in [0.5, 0.6) is 0 Å². The van der Waals surface area contributed by atoms with Crippen LogP contribution in [0.15, 0.2) is 12.2 Å². The molecule has 1 heterocycles. The van der Waals surface area contributed by atoms with Crippen LogP contribution in [0.1, 0.15) is 6.92 Å². The van der Waals surface area contributed by atoms with Gasteiger partial charge in [0.25, 0.3) is 0 Å². The third-order valence-electron chi connectivity index (χ3n) is 1.17. The molecule has 0 saturated carbocycles. The Kier molecular flexibility index (Phi) is 1.65. The first-order valence-corrected chi connectivity index (χ1v) is 2.77. The van der Waals surface area contributed by atoms with E-state index in [1.807, 2.05) is 19.1 Å². The minimum absolute atomic E-state index is 0.0509. The number of ether oxygens (including phenoxy) is 1. The van der Waals surface area contributed by atoms with Crippen molar-refractivity contribution in [3.05, 3.63) is 12.2 Å². The predicted octanol–water partition coefficient (Wildman–Crippen LogP) is 0.322. The Bertz CT molecular complexity index is 98.7. The molecule has 2 nitrogen and oxygen atoms in total. The summed E-state index contributed by atoms with van der Waals surface area (Å²) in [5, 5.41) is 8.51. The summed E-state index contributed by atoms with van der Waals surface area (Å²) in [7, 11) is 0. The van der Waals surface area contributed by atoms with Crippen LogP contribution in [0, 0.1) is 0 Å². The van der Waals surface area contributed by atoms with Crippen LogP contribution in [0.25, 0.3) is 0 Å². The molecule has 1 aliphatic rings. The highest BCUT2D eigenvalue weighted by Gasteiger charge is 2.12. The van der Waals surface area contributed by atoms with E-state index in [0.29, 0.717) is 0 Å². The molecule has 0 saturated heterocycles. The van der Waals surface area contributed by atoms with Gasteiger partial charge in [0.05, 0.1) is 18.8 Å². The second kappa shape index (κ2) is 2.29. The fourth-order valence-corrected chi connectivity index (χ4v) is 0.751. The van der Waals surface area contributed by atoms with Gasteiger partial charge in [-0.05, 0) is 6.92 Å². The molecule has 0 aromatic heterocycles. The zero-order valence-corrected chi connectivity index (χ0v) is 4.87. The van der Waals surface area contributed by atoms with E-state index in [2.05, 4.69) is 0 Å². The second-order valence-corrected chi connectivity index (χ2v) is 1.95. The average Bonchev–Trinajstić information content (AvgIpc) is 2.14. The minimum atomic E-state index is -0.0509. The predicted molar refractivity (Wildman–Crippen MR) is 30.6 cm³/mol. The minimum Gasteiger partial charge on any atom is -0.393 e. The normalized spacial score (nSPS) is 36.2. The lowest BCUT2D eigenvalue weighted by Gasteiger charge is -2.05. The van der Waals surface area contributed by atoms with Gasteiger partial charge in [-0.15, -0.1) is 0 Å². The van der Waals surface area contributed by atoms with Crippen LogP contribution in [-0.4, -0.2) is 23.9 Å². The monoisotopic (exact) mass is 114 g/mol. The third-order valence-corrected chi connectivity index (χ3v) is 1.17. The maximum atomic E-state index is 8.51. The number of aliphatic hydroxyl groups is 1. The number of rotatable bonds is 1. The van der Waals surface area contributed by atoms with Gasteiger partial charge in [-0.2, -0.15) is 0 Å². The van der Waals surface area contributed by atoms with E-state index in [-0.39, 0.29) is 18.8 Å². The first-order valence-electron chi connectivity index (χ1n) is 2.77. The summed E-state index contributed by atoms with van der Waals surface area (Å²) >= 11 is 0. The topological polar surface area (TPSA) is 29.5 Å². The van der Waals surface area contributed by atoms with Crippen molar-refractivity contribution >= 4 is 0 Å². The van der Waals surface area contributed by atoms with Gasteiger partial charge in [0, 0.05) is 0 Å². The van der Waals surface area contributed by atoms with Gasteiger partial charge in [0.1, 0.15) is 0 Å². The summed E-state index contributed by atoms with van der Waals surface area (Å²) in [6.45, 7) is 2.05. The van der Waals surface area contributed by atoms with Gasteiger partial charge in [-0.3, -0.25) is 0 Å². The fraction of sp³-hybridized carbons (Fsp3) is 0.667. The largest absolute Gasteiger partial charge is 0.393 e. The molecule has 0 spiro atoms. The molecule has 0 aliphatic carbocycles. The van der Waals surface area contributed by atoms with Crippen LogP contribution in [0.3, 0.4) is 0 Å². The van der Waals surface area contributed by atoms with E-state index in [1.165, 1.54) is 0 Å². The quantitative estimate of drug-likeness (QED) is 0.497. The fourth-order valence-electron chi connectivity index (χ4n) is 0.751. The number of hydrogen-bond donors (Lipinski definition) is 1. The Balaban J connectivity index is 2.34. The van der Waals surface area contributed by atoms with Crippen LogP contribution in [0.2, 0.25) is 0 Å². The van der Waals surface area contributed by atoms with Gasteiger partial charge >= 0.3 is 0 Å². The van der Waals surface area contributed by atoms with Crippen molar-refractivity contribution in [2.45, 2.75) is 19.1 Å².